The summed E-state index contributed by atoms with van der Waals surface area (Å²) in [5.74, 6) is 1.71. The fourth-order valence-electron chi connectivity index (χ4n) is 2.06. The van der Waals surface area contributed by atoms with Gasteiger partial charge < -0.3 is 19.9 Å². The van der Waals surface area contributed by atoms with Gasteiger partial charge in [-0.25, -0.2) is 4.98 Å². The molecule has 0 radical (unpaired) electrons. The standard InChI is InChI=1S/C17H25N5O.HI/c1-2-19-17(20-9-6-12-22-13-10-18-15-22)21-11-14-23-16-7-4-3-5-8-16;/h3-5,7-8,10,13,15H,2,6,9,11-12,14H2,1H3,(H2,19,20,21);1H. The molecule has 0 spiro atoms. The Bertz CT molecular complexity index is 560. The van der Waals surface area contributed by atoms with E-state index in [1.54, 1.807) is 6.20 Å². The molecule has 2 aromatic rings. The third-order valence-corrected chi connectivity index (χ3v) is 3.15. The van der Waals surface area contributed by atoms with Crippen LogP contribution in [0.25, 0.3) is 0 Å². The molecule has 1 aromatic carbocycles. The van der Waals surface area contributed by atoms with Crippen molar-refractivity contribution in [1.29, 1.82) is 0 Å². The van der Waals surface area contributed by atoms with Crippen molar-refractivity contribution in [3.63, 3.8) is 0 Å². The zero-order valence-corrected chi connectivity index (χ0v) is 16.3. The van der Waals surface area contributed by atoms with Gasteiger partial charge in [0.2, 0.25) is 0 Å². The Morgan fingerprint density at radius 2 is 2.08 bits per heavy atom. The average molecular weight is 443 g/mol. The average Bonchev–Trinajstić information content (AvgIpc) is 3.10. The fourth-order valence-corrected chi connectivity index (χ4v) is 2.06. The predicted octanol–water partition coefficient (Wildman–Crippen LogP) is 2.53. The lowest BCUT2D eigenvalue weighted by molar-refractivity contribution is 0.322. The third kappa shape index (κ3) is 8.19. The van der Waals surface area contributed by atoms with Gasteiger partial charge in [-0.2, -0.15) is 0 Å². The maximum absolute atomic E-state index is 5.65. The van der Waals surface area contributed by atoms with Gasteiger partial charge in [0.05, 0.1) is 12.9 Å². The molecule has 0 amide bonds. The molecule has 0 fully saturated rings. The molecule has 0 saturated heterocycles. The number of aromatic nitrogens is 2. The Kier molecular flexibility index (Phi) is 10.7. The van der Waals surface area contributed by atoms with E-state index in [9.17, 15) is 0 Å². The number of nitrogens with zero attached hydrogens (tertiary/aromatic N) is 3. The number of guanidine groups is 1. The van der Waals surface area contributed by atoms with Crippen LogP contribution in [-0.2, 0) is 6.54 Å². The Labute approximate surface area is 160 Å². The van der Waals surface area contributed by atoms with Gasteiger partial charge in [-0.1, -0.05) is 18.2 Å². The first-order chi connectivity index (χ1) is 11.4. The van der Waals surface area contributed by atoms with Gasteiger partial charge in [-0.15, -0.1) is 24.0 Å². The fraction of sp³-hybridized carbons (Fsp3) is 0.412. The molecule has 6 nitrogen and oxygen atoms in total. The highest BCUT2D eigenvalue weighted by atomic mass is 127. The number of hydrogen-bond donors (Lipinski definition) is 2. The molecule has 0 aliphatic carbocycles. The van der Waals surface area contributed by atoms with Gasteiger partial charge in [-0.3, -0.25) is 4.99 Å². The summed E-state index contributed by atoms with van der Waals surface area (Å²) in [6.07, 6.45) is 6.57. The van der Waals surface area contributed by atoms with Crippen molar-refractivity contribution < 1.29 is 4.74 Å². The van der Waals surface area contributed by atoms with Crippen molar-refractivity contribution in [3.05, 3.63) is 49.1 Å². The minimum Gasteiger partial charge on any atom is -0.492 e. The van der Waals surface area contributed by atoms with Gasteiger partial charge in [0.1, 0.15) is 12.4 Å². The number of halogens is 1. The zero-order valence-electron chi connectivity index (χ0n) is 14.0. The zero-order chi connectivity index (χ0) is 16.2. The smallest absolute Gasteiger partial charge is 0.191 e. The summed E-state index contributed by atoms with van der Waals surface area (Å²) in [6.45, 7) is 5.91. The lowest BCUT2D eigenvalue weighted by Crippen LogP contribution is -2.39. The minimum absolute atomic E-state index is 0. The molecule has 24 heavy (non-hydrogen) atoms. The molecule has 1 heterocycles. The molecule has 7 heteroatoms. The largest absolute Gasteiger partial charge is 0.492 e. The monoisotopic (exact) mass is 443 g/mol. The van der Waals surface area contributed by atoms with Gasteiger partial charge in [0.25, 0.3) is 0 Å². The second kappa shape index (κ2) is 12.6. The molecule has 1 aromatic heterocycles. The van der Waals surface area contributed by atoms with E-state index in [1.807, 2.05) is 42.9 Å². The van der Waals surface area contributed by atoms with Crippen LogP contribution in [0.15, 0.2) is 54.0 Å². The number of aryl methyl sites for hydroxylation is 1. The second-order valence-corrected chi connectivity index (χ2v) is 5.00. The highest BCUT2D eigenvalue weighted by Crippen LogP contribution is 2.07. The maximum Gasteiger partial charge on any atom is 0.191 e. The first kappa shape index (κ1) is 20.3. The highest BCUT2D eigenvalue weighted by Gasteiger charge is 1.97. The maximum atomic E-state index is 5.65. The number of rotatable bonds is 9. The van der Waals surface area contributed by atoms with E-state index >= 15 is 0 Å². The number of para-hydroxylation sites is 1. The number of imidazole rings is 1. The number of aliphatic imine (C=N–C) groups is 1. The van der Waals surface area contributed by atoms with Gasteiger partial charge in [0.15, 0.2) is 5.96 Å². The lowest BCUT2D eigenvalue weighted by Gasteiger charge is -2.12. The lowest BCUT2D eigenvalue weighted by atomic mass is 10.3. The van der Waals surface area contributed by atoms with E-state index in [4.69, 9.17) is 4.74 Å². The summed E-state index contributed by atoms with van der Waals surface area (Å²) in [7, 11) is 0. The van der Waals surface area contributed by atoms with E-state index in [0.717, 1.165) is 37.8 Å². The van der Waals surface area contributed by atoms with Crippen LogP contribution in [0.4, 0.5) is 0 Å². The van der Waals surface area contributed by atoms with Crippen molar-refractivity contribution in [2.45, 2.75) is 19.9 Å². The highest BCUT2D eigenvalue weighted by molar-refractivity contribution is 14.0. The van der Waals surface area contributed by atoms with Crippen LogP contribution in [0.3, 0.4) is 0 Å². The number of ether oxygens (including phenoxy) is 1. The van der Waals surface area contributed by atoms with Crippen LogP contribution < -0.4 is 15.4 Å². The molecular weight excluding hydrogens is 417 g/mol. The van der Waals surface area contributed by atoms with E-state index < -0.39 is 0 Å². The molecule has 0 saturated carbocycles. The Hall–Kier alpha value is -1.77. The summed E-state index contributed by atoms with van der Waals surface area (Å²) in [6, 6.07) is 9.82. The van der Waals surface area contributed by atoms with E-state index in [2.05, 4.69) is 32.1 Å². The molecule has 0 atom stereocenters. The number of nitrogens with one attached hydrogen (secondary N) is 2. The van der Waals surface area contributed by atoms with Crippen LogP contribution in [0.2, 0.25) is 0 Å². The molecule has 2 N–H and O–H groups in total. The van der Waals surface area contributed by atoms with Gasteiger partial charge in [0, 0.05) is 32.0 Å². The number of hydrogen-bond acceptors (Lipinski definition) is 3. The predicted molar refractivity (Wildman–Crippen MR) is 108 cm³/mol. The Morgan fingerprint density at radius 1 is 1.25 bits per heavy atom. The second-order valence-electron chi connectivity index (χ2n) is 5.00. The van der Waals surface area contributed by atoms with Gasteiger partial charge >= 0.3 is 0 Å². The minimum atomic E-state index is 0. The van der Waals surface area contributed by atoms with Crippen molar-refractivity contribution in [3.8, 4) is 5.75 Å². The van der Waals surface area contributed by atoms with Crippen molar-refractivity contribution in [1.82, 2.24) is 20.2 Å². The van der Waals surface area contributed by atoms with Crippen LogP contribution in [0.5, 0.6) is 5.75 Å². The molecule has 0 unspecified atom stereocenters. The summed E-state index contributed by atoms with van der Waals surface area (Å²) in [4.78, 5) is 8.59. The van der Waals surface area contributed by atoms with Crippen molar-refractivity contribution in [2.75, 3.05) is 26.2 Å². The molecule has 132 valence electrons. The van der Waals surface area contributed by atoms with Crippen molar-refractivity contribution in [2.24, 2.45) is 4.99 Å². The first-order valence-corrected chi connectivity index (χ1v) is 8.04. The SMILES string of the molecule is CCNC(=NCCCn1ccnc1)NCCOc1ccccc1.I. The summed E-state index contributed by atoms with van der Waals surface area (Å²) < 4.78 is 7.71. The summed E-state index contributed by atoms with van der Waals surface area (Å²) in [5, 5.41) is 6.52. The molecular formula is C17H26IN5O. The molecule has 0 aliphatic heterocycles. The van der Waals surface area contributed by atoms with Gasteiger partial charge in [-0.05, 0) is 25.5 Å². The van der Waals surface area contributed by atoms with Crippen LogP contribution in [0, 0.1) is 0 Å². The first-order valence-electron chi connectivity index (χ1n) is 8.04. The quantitative estimate of drug-likeness (QED) is 0.271. The van der Waals surface area contributed by atoms with E-state index in [0.29, 0.717) is 13.2 Å². The summed E-state index contributed by atoms with van der Waals surface area (Å²) >= 11 is 0. The number of benzene rings is 1. The van der Waals surface area contributed by atoms with E-state index in [1.165, 1.54) is 0 Å². The third-order valence-electron chi connectivity index (χ3n) is 3.15. The molecule has 0 bridgehead atoms. The topological polar surface area (TPSA) is 63.5 Å². The Balaban J connectivity index is 0.00000288. The normalized spacial score (nSPS) is 10.8. The van der Waals surface area contributed by atoms with E-state index in [-0.39, 0.29) is 24.0 Å². The molecule has 0 aliphatic rings. The summed E-state index contributed by atoms with van der Waals surface area (Å²) in [5.41, 5.74) is 0. The Morgan fingerprint density at radius 3 is 2.79 bits per heavy atom. The van der Waals surface area contributed by atoms with Crippen molar-refractivity contribution >= 4 is 29.9 Å². The van der Waals surface area contributed by atoms with Crippen LogP contribution in [0.1, 0.15) is 13.3 Å². The van der Waals surface area contributed by atoms with Crippen LogP contribution >= 0.6 is 24.0 Å². The molecule has 2 rings (SSSR count). The van der Waals surface area contributed by atoms with Crippen LogP contribution in [-0.4, -0.2) is 41.8 Å².